The number of halogens is 1. The van der Waals surface area contributed by atoms with Crippen molar-refractivity contribution in [3.63, 3.8) is 0 Å². The molecular formula is C17H18ClNO. The molecule has 3 heteroatoms. The third kappa shape index (κ3) is 3.84. The third-order valence-corrected chi connectivity index (χ3v) is 3.62. The summed E-state index contributed by atoms with van der Waals surface area (Å²) in [6, 6.07) is 17.5. The summed E-state index contributed by atoms with van der Waals surface area (Å²) in [5, 5.41) is 0.650. The lowest BCUT2D eigenvalue weighted by Crippen LogP contribution is -2.31. The summed E-state index contributed by atoms with van der Waals surface area (Å²) in [5.41, 5.74) is 2.02. The Hall–Kier alpha value is -1.80. The van der Waals surface area contributed by atoms with Gasteiger partial charge >= 0.3 is 0 Å². The van der Waals surface area contributed by atoms with Crippen LogP contribution in [0.1, 0.15) is 18.1 Å². The zero-order valence-electron chi connectivity index (χ0n) is 11.6. The first-order chi connectivity index (χ1) is 9.70. The van der Waals surface area contributed by atoms with Gasteiger partial charge in [-0.3, -0.25) is 4.79 Å². The van der Waals surface area contributed by atoms with Gasteiger partial charge in [0.15, 0.2) is 0 Å². The summed E-state index contributed by atoms with van der Waals surface area (Å²) < 4.78 is 0. The van der Waals surface area contributed by atoms with Gasteiger partial charge in [-0.2, -0.15) is 0 Å². The van der Waals surface area contributed by atoms with E-state index >= 15 is 0 Å². The number of carbonyl (C=O) groups excluding carboxylic acids is 1. The van der Waals surface area contributed by atoms with E-state index in [9.17, 15) is 4.79 Å². The Morgan fingerprint density at radius 3 is 2.35 bits per heavy atom. The van der Waals surface area contributed by atoms with E-state index in [1.165, 1.54) is 0 Å². The summed E-state index contributed by atoms with van der Waals surface area (Å²) in [4.78, 5) is 14.2. The van der Waals surface area contributed by atoms with Crippen LogP contribution in [0.4, 0.5) is 0 Å². The fourth-order valence-electron chi connectivity index (χ4n) is 2.10. The van der Waals surface area contributed by atoms with Gasteiger partial charge in [-0.05, 0) is 24.1 Å². The molecule has 0 fully saturated rings. The summed E-state index contributed by atoms with van der Waals surface area (Å²) >= 11 is 6.11. The van der Waals surface area contributed by atoms with E-state index in [1.807, 2.05) is 66.4 Å². The first kappa shape index (κ1) is 14.6. The van der Waals surface area contributed by atoms with Crippen LogP contribution in [0.3, 0.4) is 0 Å². The number of hydrogen-bond donors (Lipinski definition) is 0. The average molecular weight is 288 g/mol. The molecule has 0 radical (unpaired) electrons. The lowest BCUT2D eigenvalue weighted by Gasteiger charge is -2.21. The topological polar surface area (TPSA) is 20.3 Å². The molecule has 0 saturated heterocycles. The average Bonchev–Trinajstić information content (AvgIpc) is 2.48. The number of amides is 1. The van der Waals surface area contributed by atoms with E-state index in [0.717, 1.165) is 11.1 Å². The van der Waals surface area contributed by atoms with Crippen LogP contribution >= 0.6 is 11.6 Å². The summed E-state index contributed by atoms with van der Waals surface area (Å²) in [5.74, 6) is 0.101. The fourth-order valence-corrected chi connectivity index (χ4v) is 2.30. The van der Waals surface area contributed by atoms with Gasteiger partial charge in [-0.15, -0.1) is 0 Å². The molecule has 0 heterocycles. The van der Waals surface area contributed by atoms with Gasteiger partial charge in [0.2, 0.25) is 5.91 Å². The summed E-state index contributed by atoms with van der Waals surface area (Å²) in [7, 11) is 0. The molecule has 0 saturated carbocycles. The Morgan fingerprint density at radius 1 is 1.05 bits per heavy atom. The molecule has 0 spiro atoms. The first-order valence-corrected chi connectivity index (χ1v) is 7.13. The maximum atomic E-state index is 12.4. The molecule has 0 N–H and O–H groups in total. The van der Waals surface area contributed by atoms with Gasteiger partial charge in [0, 0.05) is 18.1 Å². The van der Waals surface area contributed by atoms with Crippen LogP contribution in [0.15, 0.2) is 54.6 Å². The normalized spacial score (nSPS) is 10.3. The van der Waals surface area contributed by atoms with Gasteiger partial charge in [0.05, 0.1) is 6.42 Å². The monoisotopic (exact) mass is 287 g/mol. The molecule has 1 amide bonds. The molecule has 0 aliphatic carbocycles. The molecule has 0 unspecified atom stereocenters. The quantitative estimate of drug-likeness (QED) is 0.816. The van der Waals surface area contributed by atoms with E-state index in [4.69, 9.17) is 11.6 Å². The maximum absolute atomic E-state index is 12.4. The van der Waals surface area contributed by atoms with E-state index in [0.29, 0.717) is 24.5 Å². The molecule has 2 aromatic rings. The van der Waals surface area contributed by atoms with Gasteiger partial charge in [0.25, 0.3) is 0 Å². The minimum absolute atomic E-state index is 0.101. The molecular weight excluding hydrogens is 270 g/mol. The standard InChI is InChI=1S/C17H18ClNO/c1-2-19(13-14-8-4-3-5-9-14)17(20)12-15-10-6-7-11-16(15)18/h3-11H,2,12-13H2,1H3. The second-order valence-electron chi connectivity index (χ2n) is 4.66. The smallest absolute Gasteiger partial charge is 0.227 e. The molecule has 0 aliphatic heterocycles. The van der Waals surface area contributed by atoms with Gasteiger partial charge < -0.3 is 4.90 Å². The fraction of sp³-hybridized carbons (Fsp3) is 0.235. The number of likely N-dealkylation sites (N-methyl/N-ethyl adjacent to an activating group) is 1. The van der Waals surface area contributed by atoms with Crippen LogP contribution in [0.2, 0.25) is 5.02 Å². The molecule has 2 rings (SSSR count). The summed E-state index contributed by atoms with van der Waals surface area (Å²) in [6.45, 7) is 3.33. The maximum Gasteiger partial charge on any atom is 0.227 e. The molecule has 0 aromatic heterocycles. The highest BCUT2D eigenvalue weighted by Gasteiger charge is 2.14. The minimum atomic E-state index is 0.101. The van der Waals surface area contributed by atoms with Crippen molar-refractivity contribution >= 4 is 17.5 Å². The first-order valence-electron chi connectivity index (χ1n) is 6.75. The highest BCUT2D eigenvalue weighted by atomic mass is 35.5. The van der Waals surface area contributed by atoms with Crippen molar-refractivity contribution in [3.8, 4) is 0 Å². The molecule has 0 atom stereocenters. The lowest BCUT2D eigenvalue weighted by molar-refractivity contribution is -0.130. The second-order valence-corrected chi connectivity index (χ2v) is 5.07. The van der Waals surface area contributed by atoms with E-state index in [1.54, 1.807) is 0 Å². The van der Waals surface area contributed by atoms with Crippen molar-refractivity contribution in [3.05, 3.63) is 70.7 Å². The molecule has 2 aromatic carbocycles. The Labute approximate surface area is 125 Å². The predicted octanol–water partition coefficient (Wildman–Crippen LogP) is 3.93. The number of nitrogens with zero attached hydrogens (tertiary/aromatic N) is 1. The second kappa shape index (κ2) is 7.11. The van der Waals surface area contributed by atoms with Crippen LogP contribution in [0.5, 0.6) is 0 Å². The highest BCUT2D eigenvalue weighted by Crippen LogP contribution is 2.17. The van der Waals surface area contributed by atoms with E-state index in [2.05, 4.69) is 0 Å². The number of carbonyl (C=O) groups is 1. The number of rotatable bonds is 5. The van der Waals surface area contributed by atoms with Crippen molar-refractivity contribution in [2.75, 3.05) is 6.54 Å². The van der Waals surface area contributed by atoms with Crippen molar-refractivity contribution in [2.24, 2.45) is 0 Å². The van der Waals surface area contributed by atoms with E-state index in [-0.39, 0.29) is 5.91 Å². The third-order valence-electron chi connectivity index (χ3n) is 3.25. The Kier molecular flexibility index (Phi) is 5.19. The van der Waals surface area contributed by atoms with Gasteiger partial charge in [-0.25, -0.2) is 0 Å². The summed E-state index contributed by atoms with van der Waals surface area (Å²) in [6.07, 6.45) is 0.348. The van der Waals surface area contributed by atoms with Crippen LogP contribution in [0, 0.1) is 0 Å². The largest absolute Gasteiger partial charge is 0.338 e. The molecule has 20 heavy (non-hydrogen) atoms. The predicted molar refractivity (Wildman–Crippen MR) is 82.7 cm³/mol. The Morgan fingerprint density at radius 2 is 1.70 bits per heavy atom. The van der Waals surface area contributed by atoms with Gasteiger partial charge in [0.1, 0.15) is 0 Å². The van der Waals surface area contributed by atoms with E-state index < -0.39 is 0 Å². The van der Waals surface area contributed by atoms with Crippen molar-refractivity contribution in [1.29, 1.82) is 0 Å². The number of hydrogen-bond acceptors (Lipinski definition) is 1. The molecule has 2 nitrogen and oxygen atoms in total. The Bertz CT molecular complexity index is 568. The van der Waals surface area contributed by atoms with Crippen molar-refractivity contribution in [2.45, 2.75) is 19.9 Å². The van der Waals surface area contributed by atoms with Crippen molar-refractivity contribution < 1.29 is 4.79 Å². The molecule has 0 bridgehead atoms. The van der Waals surface area contributed by atoms with Gasteiger partial charge in [-0.1, -0.05) is 60.1 Å². The zero-order valence-corrected chi connectivity index (χ0v) is 12.3. The van der Waals surface area contributed by atoms with Crippen LogP contribution in [-0.2, 0) is 17.8 Å². The van der Waals surface area contributed by atoms with Crippen LogP contribution in [0.25, 0.3) is 0 Å². The van der Waals surface area contributed by atoms with Crippen LogP contribution < -0.4 is 0 Å². The Balaban J connectivity index is 2.04. The lowest BCUT2D eigenvalue weighted by atomic mass is 10.1. The van der Waals surface area contributed by atoms with Crippen molar-refractivity contribution in [1.82, 2.24) is 4.90 Å². The molecule has 0 aliphatic rings. The SMILES string of the molecule is CCN(Cc1ccccc1)C(=O)Cc1ccccc1Cl. The molecule has 104 valence electrons. The minimum Gasteiger partial charge on any atom is -0.338 e. The van der Waals surface area contributed by atoms with Crippen LogP contribution in [-0.4, -0.2) is 17.4 Å². The zero-order chi connectivity index (χ0) is 14.4. The number of benzene rings is 2. The highest BCUT2D eigenvalue weighted by molar-refractivity contribution is 6.31.